The lowest BCUT2D eigenvalue weighted by atomic mass is 10.0. The van der Waals surface area contributed by atoms with Crippen LogP contribution in [-0.2, 0) is 9.25 Å². The van der Waals surface area contributed by atoms with E-state index in [1.165, 1.54) is 12.1 Å². The van der Waals surface area contributed by atoms with Crippen LogP contribution >= 0.6 is 21.2 Å². The van der Waals surface area contributed by atoms with Gasteiger partial charge in [0.05, 0.1) is 14.7 Å². The quantitative estimate of drug-likeness (QED) is 0.798. The highest BCUT2D eigenvalue weighted by Crippen LogP contribution is 2.37. The molecule has 2 aromatic carbocycles. The minimum absolute atomic E-state index is 0.0186. The molecule has 2 rings (SSSR count). The number of carbonyl (C=O) groups is 1. The third kappa shape index (κ3) is 2.46. The van der Waals surface area contributed by atoms with E-state index in [-0.39, 0.29) is 19.9 Å². The Bertz CT molecular complexity index is 680. The molecule has 100 valence electrons. The molecule has 0 spiro atoms. The Morgan fingerprint density at radius 2 is 1.79 bits per heavy atom. The van der Waals surface area contributed by atoms with Crippen LogP contribution in [0.1, 0.15) is 15.9 Å². The first-order chi connectivity index (χ1) is 8.86. The van der Waals surface area contributed by atoms with E-state index >= 15 is 0 Å². The van der Waals surface area contributed by atoms with E-state index in [0.29, 0.717) is 0 Å². The number of aromatic carboxylic acids is 1. The van der Waals surface area contributed by atoms with Gasteiger partial charge < -0.3 is 5.11 Å². The zero-order valence-corrected chi connectivity index (χ0v) is 11.3. The zero-order valence-electron chi connectivity index (χ0n) is 9.16. The van der Waals surface area contributed by atoms with Crippen LogP contribution in [0.4, 0.5) is 13.2 Å². The summed E-state index contributed by atoms with van der Waals surface area (Å²) in [5.74, 6) is -1.30. The third-order valence-corrected chi connectivity index (χ3v) is 4.21. The van der Waals surface area contributed by atoms with Crippen LogP contribution in [0.25, 0.3) is 10.8 Å². The third-order valence-electron chi connectivity index (χ3n) is 2.61. The summed E-state index contributed by atoms with van der Waals surface area (Å²) in [7, 11) is 0. The van der Waals surface area contributed by atoms with Crippen LogP contribution < -0.4 is 0 Å². The Labute approximate surface area is 115 Å². The Morgan fingerprint density at radius 3 is 2.32 bits per heavy atom. The molecule has 0 saturated carbocycles. The maximum Gasteiger partial charge on any atom is 0.417 e. The van der Waals surface area contributed by atoms with Gasteiger partial charge in [0.25, 0.3) is 0 Å². The van der Waals surface area contributed by atoms with Crippen LogP contribution in [0.15, 0.2) is 30.3 Å². The summed E-state index contributed by atoms with van der Waals surface area (Å²) in [5, 5.41) is 8.89. The van der Waals surface area contributed by atoms with Gasteiger partial charge in [-0.1, -0.05) is 18.2 Å². The predicted octanol–water partition coefficient (Wildman–Crippen LogP) is 4.04. The Hall–Kier alpha value is -1.51. The van der Waals surface area contributed by atoms with Crippen molar-refractivity contribution in [3.05, 3.63) is 45.0 Å². The summed E-state index contributed by atoms with van der Waals surface area (Å²) >= 11 is -1.90. The number of hydrogen-bond donors (Lipinski definition) is 1. The molecular weight excluding hydrogens is 376 g/mol. The molecule has 0 atom stereocenters. The van der Waals surface area contributed by atoms with Gasteiger partial charge in [0.1, 0.15) is 0 Å². The van der Waals surface area contributed by atoms with E-state index in [0.717, 1.165) is 18.2 Å². The highest BCUT2D eigenvalue weighted by atomic mass is 127. The van der Waals surface area contributed by atoms with Crippen molar-refractivity contribution in [1.82, 2.24) is 0 Å². The number of carboxylic acids is 1. The second-order valence-corrected chi connectivity index (χ2v) is 5.23. The summed E-state index contributed by atoms with van der Waals surface area (Å²) in [5.41, 5.74) is -1.07. The zero-order chi connectivity index (χ0) is 14.2. The normalized spacial score (nSPS) is 11.7. The van der Waals surface area contributed by atoms with Gasteiger partial charge in [-0.2, -0.15) is 13.2 Å². The summed E-state index contributed by atoms with van der Waals surface area (Å²) < 4.78 is 49.7. The van der Waals surface area contributed by atoms with Crippen molar-refractivity contribution in [3.8, 4) is 0 Å². The molecule has 3 nitrogen and oxygen atoms in total. The number of benzene rings is 2. The molecule has 0 aliphatic rings. The van der Waals surface area contributed by atoms with Crippen LogP contribution in [0.2, 0.25) is 0 Å². The first-order valence-corrected chi connectivity index (χ1v) is 6.95. The summed E-state index contributed by atoms with van der Waals surface area (Å²) in [6.45, 7) is 0. The maximum atomic E-state index is 12.8. The maximum absolute atomic E-state index is 12.8. The summed E-state index contributed by atoms with van der Waals surface area (Å²) in [6.07, 6.45) is -4.54. The fourth-order valence-electron chi connectivity index (χ4n) is 1.82. The molecule has 0 aromatic heterocycles. The largest absolute Gasteiger partial charge is 0.478 e. The molecule has 0 amide bonds. The molecule has 0 aliphatic heterocycles. The topological polar surface area (TPSA) is 54.4 Å². The standard InChI is InChI=1S/C12H6F3IO3/c13-12(14,15)9-3-1-2-7-6(9)4-5-8(11(17)18)10(7)16-19/h1-5H,(H,17,18). The van der Waals surface area contributed by atoms with Crippen LogP contribution in [-0.4, -0.2) is 11.1 Å². The van der Waals surface area contributed by atoms with Crippen molar-refractivity contribution >= 4 is 37.9 Å². The predicted molar refractivity (Wildman–Crippen MR) is 69.3 cm³/mol. The molecule has 0 heterocycles. The van der Waals surface area contributed by atoms with Gasteiger partial charge in [-0.25, -0.2) is 4.79 Å². The van der Waals surface area contributed by atoms with Gasteiger partial charge in [-0.15, -0.1) is 0 Å². The Kier molecular flexibility index (Phi) is 3.57. The number of rotatable bonds is 2. The van der Waals surface area contributed by atoms with Crippen molar-refractivity contribution < 1.29 is 26.1 Å². The van der Waals surface area contributed by atoms with Gasteiger partial charge in [0, 0.05) is 0 Å². The van der Waals surface area contributed by atoms with E-state index in [2.05, 4.69) is 0 Å². The monoisotopic (exact) mass is 382 g/mol. The molecule has 0 fully saturated rings. The lowest BCUT2D eigenvalue weighted by Crippen LogP contribution is -2.07. The summed E-state index contributed by atoms with van der Waals surface area (Å²) in [4.78, 5) is 11.0. The van der Waals surface area contributed by atoms with Gasteiger partial charge in [-0.3, -0.25) is 3.07 Å². The molecule has 0 radical (unpaired) electrons. The van der Waals surface area contributed by atoms with Crippen molar-refractivity contribution in [3.63, 3.8) is 0 Å². The molecule has 1 N–H and O–H groups in total. The molecule has 19 heavy (non-hydrogen) atoms. The minimum atomic E-state index is -4.54. The van der Waals surface area contributed by atoms with Gasteiger partial charge in [0.15, 0.2) is 21.2 Å². The smallest absolute Gasteiger partial charge is 0.417 e. The van der Waals surface area contributed by atoms with E-state index < -0.39 is 38.9 Å². The number of hydrogen-bond acceptors (Lipinski definition) is 2. The number of halogens is 4. The van der Waals surface area contributed by atoms with E-state index in [1.807, 2.05) is 0 Å². The molecule has 7 heteroatoms. The fourth-order valence-corrected chi connectivity index (χ4v) is 3.17. The second-order valence-electron chi connectivity index (χ2n) is 3.71. The van der Waals surface area contributed by atoms with Gasteiger partial charge >= 0.3 is 12.1 Å². The average molecular weight is 382 g/mol. The highest BCUT2D eigenvalue weighted by Gasteiger charge is 2.33. The number of carboxylic acid groups (broad SMARTS) is 1. The molecular formula is C12H6F3IO3. The fraction of sp³-hybridized carbons (Fsp3) is 0.0833. The van der Waals surface area contributed by atoms with Gasteiger partial charge in [-0.05, 0) is 22.9 Å². The lowest BCUT2D eigenvalue weighted by Gasteiger charge is -2.11. The first-order valence-electron chi connectivity index (χ1n) is 4.99. The molecule has 2 aromatic rings. The first kappa shape index (κ1) is 13.9. The number of alkyl halides is 3. The van der Waals surface area contributed by atoms with E-state index in [4.69, 9.17) is 5.11 Å². The van der Waals surface area contributed by atoms with Crippen LogP contribution in [0.3, 0.4) is 0 Å². The van der Waals surface area contributed by atoms with E-state index in [9.17, 15) is 21.0 Å². The summed E-state index contributed by atoms with van der Waals surface area (Å²) in [6, 6.07) is 5.61. The highest BCUT2D eigenvalue weighted by molar-refractivity contribution is 14.1. The number of fused-ring (bicyclic) bond motifs is 1. The molecule has 0 bridgehead atoms. The van der Waals surface area contributed by atoms with Crippen molar-refractivity contribution in [2.75, 3.05) is 0 Å². The SMILES string of the molecule is O=Ic1c(C(=O)O)ccc2c(C(F)(F)F)cccc12. The molecule has 0 aliphatic carbocycles. The van der Waals surface area contributed by atoms with Crippen LogP contribution in [0.5, 0.6) is 0 Å². The lowest BCUT2D eigenvalue weighted by molar-refractivity contribution is -0.136. The Balaban J connectivity index is 2.89. The Morgan fingerprint density at radius 1 is 1.11 bits per heavy atom. The molecule has 0 saturated heterocycles. The minimum Gasteiger partial charge on any atom is -0.478 e. The van der Waals surface area contributed by atoms with Crippen molar-refractivity contribution in [2.45, 2.75) is 6.18 Å². The van der Waals surface area contributed by atoms with Crippen molar-refractivity contribution in [1.29, 1.82) is 0 Å². The van der Waals surface area contributed by atoms with Gasteiger partial charge in [0.2, 0.25) is 0 Å². The molecule has 0 unspecified atom stereocenters. The average Bonchev–Trinajstić information content (AvgIpc) is 2.35. The van der Waals surface area contributed by atoms with Crippen LogP contribution in [0, 0.1) is 3.57 Å². The van der Waals surface area contributed by atoms with E-state index in [1.54, 1.807) is 0 Å². The van der Waals surface area contributed by atoms with Crippen molar-refractivity contribution in [2.24, 2.45) is 0 Å². The second kappa shape index (κ2) is 4.87.